The predicted octanol–water partition coefficient (Wildman–Crippen LogP) is 1.74. The van der Waals surface area contributed by atoms with E-state index in [2.05, 4.69) is 17.2 Å². The molecule has 0 fully saturated rings. The van der Waals surface area contributed by atoms with Crippen molar-refractivity contribution in [2.24, 2.45) is 0 Å². The van der Waals surface area contributed by atoms with Crippen LogP contribution in [0.5, 0.6) is 0 Å². The minimum absolute atomic E-state index is 0.0422. The molecule has 0 saturated heterocycles. The van der Waals surface area contributed by atoms with Gasteiger partial charge in [0.25, 0.3) is 5.56 Å². The second-order valence-electron chi connectivity index (χ2n) is 4.07. The number of unbranched alkanes of at least 4 members (excludes halogenated alkanes) is 1. The largest absolute Gasteiger partial charge is 0.352 e. The lowest BCUT2D eigenvalue weighted by molar-refractivity contribution is -0.120. The Hall–Kier alpha value is -1.58. The number of nitrogens with one attached hydrogen (secondary N) is 2. The van der Waals surface area contributed by atoms with Gasteiger partial charge in [-0.1, -0.05) is 26.3 Å². The molecule has 2 N–H and O–H groups in total. The number of aromatic amines is 1. The van der Waals surface area contributed by atoms with E-state index in [9.17, 15) is 9.59 Å². The van der Waals surface area contributed by atoms with E-state index >= 15 is 0 Å². The van der Waals surface area contributed by atoms with Crippen molar-refractivity contribution in [2.75, 3.05) is 0 Å². The van der Waals surface area contributed by atoms with Crippen molar-refractivity contribution in [3.8, 4) is 0 Å². The molecule has 0 spiro atoms. The first-order valence-corrected chi connectivity index (χ1v) is 6.15. The van der Waals surface area contributed by atoms with Gasteiger partial charge in [-0.2, -0.15) is 0 Å². The molecule has 0 bridgehead atoms. The highest BCUT2D eigenvalue weighted by Gasteiger charge is 2.03. The summed E-state index contributed by atoms with van der Waals surface area (Å²) in [6.45, 7) is 4.20. The van der Waals surface area contributed by atoms with E-state index in [0.717, 1.165) is 25.0 Å². The molecule has 0 aliphatic heterocycles. The first-order chi connectivity index (χ1) is 8.17. The minimum Gasteiger partial charge on any atom is -0.352 e. The second-order valence-corrected chi connectivity index (χ2v) is 4.07. The van der Waals surface area contributed by atoms with Crippen LogP contribution >= 0.6 is 0 Å². The van der Waals surface area contributed by atoms with Gasteiger partial charge in [-0.3, -0.25) is 9.59 Å². The molecule has 94 valence electrons. The van der Waals surface area contributed by atoms with Gasteiger partial charge < -0.3 is 10.3 Å². The molecule has 1 rings (SSSR count). The molecule has 1 aromatic heterocycles. The van der Waals surface area contributed by atoms with Gasteiger partial charge in [0.1, 0.15) is 0 Å². The Morgan fingerprint density at radius 1 is 1.35 bits per heavy atom. The standard InChI is InChI=1S/C13H20N2O2/c1-3-5-6-11-8-7-10(13(17)15-11)9-14-12(16)4-2/h7-8H,3-6,9H2,1-2H3,(H,14,16)(H,15,17). The summed E-state index contributed by atoms with van der Waals surface area (Å²) in [5, 5.41) is 2.69. The van der Waals surface area contributed by atoms with Gasteiger partial charge in [0.2, 0.25) is 5.91 Å². The Morgan fingerprint density at radius 2 is 2.12 bits per heavy atom. The van der Waals surface area contributed by atoms with Crippen LogP contribution in [0.2, 0.25) is 0 Å². The summed E-state index contributed by atoms with van der Waals surface area (Å²) in [4.78, 5) is 25.6. The third kappa shape index (κ3) is 4.43. The van der Waals surface area contributed by atoms with Crippen LogP contribution in [0.4, 0.5) is 0 Å². The SMILES string of the molecule is CCCCc1ccc(CNC(=O)CC)c(=O)[nH]1. The number of hydrogen-bond donors (Lipinski definition) is 2. The molecule has 0 unspecified atom stereocenters. The molecule has 0 aliphatic rings. The number of aryl methyl sites for hydroxylation is 1. The van der Waals surface area contributed by atoms with Gasteiger partial charge in [-0.25, -0.2) is 0 Å². The van der Waals surface area contributed by atoms with E-state index in [0.29, 0.717) is 18.5 Å². The Kier molecular flexibility index (Phi) is 5.46. The minimum atomic E-state index is -0.102. The molecule has 0 aliphatic carbocycles. The van der Waals surface area contributed by atoms with Crippen molar-refractivity contribution in [3.63, 3.8) is 0 Å². The number of carbonyl (C=O) groups is 1. The number of aromatic nitrogens is 1. The highest BCUT2D eigenvalue weighted by molar-refractivity contribution is 5.75. The van der Waals surface area contributed by atoms with E-state index < -0.39 is 0 Å². The maximum atomic E-state index is 11.7. The summed E-state index contributed by atoms with van der Waals surface area (Å²) in [5.41, 5.74) is 1.46. The first-order valence-electron chi connectivity index (χ1n) is 6.15. The fourth-order valence-electron chi connectivity index (χ4n) is 1.52. The number of H-pyrrole nitrogens is 1. The molecule has 4 heteroatoms. The van der Waals surface area contributed by atoms with E-state index in [1.54, 1.807) is 13.0 Å². The highest BCUT2D eigenvalue weighted by Crippen LogP contribution is 2.01. The summed E-state index contributed by atoms with van der Waals surface area (Å²) < 4.78 is 0. The lowest BCUT2D eigenvalue weighted by atomic mass is 10.1. The van der Waals surface area contributed by atoms with Gasteiger partial charge in [-0.15, -0.1) is 0 Å². The van der Waals surface area contributed by atoms with Crippen LogP contribution in [0.1, 0.15) is 44.4 Å². The molecular weight excluding hydrogens is 216 g/mol. The van der Waals surface area contributed by atoms with Crippen LogP contribution in [-0.2, 0) is 17.8 Å². The summed E-state index contributed by atoms with van der Waals surface area (Å²) >= 11 is 0. The summed E-state index contributed by atoms with van der Waals surface area (Å²) in [7, 11) is 0. The average Bonchev–Trinajstić information content (AvgIpc) is 2.34. The molecule has 1 aromatic rings. The molecule has 1 amide bonds. The van der Waals surface area contributed by atoms with Crippen molar-refractivity contribution in [3.05, 3.63) is 33.7 Å². The van der Waals surface area contributed by atoms with E-state index in [1.807, 2.05) is 6.07 Å². The Labute approximate surface area is 101 Å². The van der Waals surface area contributed by atoms with Gasteiger partial charge in [0, 0.05) is 24.2 Å². The normalized spacial score (nSPS) is 10.2. The maximum absolute atomic E-state index is 11.7. The first kappa shape index (κ1) is 13.5. The van der Waals surface area contributed by atoms with Crippen LogP contribution < -0.4 is 10.9 Å². The molecule has 0 aromatic carbocycles. The van der Waals surface area contributed by atoms with Crippen LogP contribution in [0, 0.1) is 0 Å². The van der Waals surface area contributed by atoms with Crippen LogP contribution in [0.15, 0.2) is 16.9 Å². The Morgan fingerprint density at radius 3 is 2.71 bits per heavy atom. The number of pyridine rings is 1. The van der Waals surface area contributed by atoms with Gasteiger partial charge in [0.05, 0.1) is 0 Å². The monoisotopic (exact) mass is 236 g/mol. The highest BCUT2D eigenvalue weighted by atomic mass is 16.1. The van der Waals surface area contributed by atoms with Crippen LogP contribution in [-0.4, -0.2) is 10.9 Å². The smallest absolute Gasteiger partial charge is 0.253 e. The van der Waals surface area contributed by atoms with Gasteiger partial charge in [-0.05, 0) is 18.9 Å². The third-order valence-electron chi connectivity index (χ3n) is 2.65. The molecule has 0 radical (unpaired) electrons. The molecule has 0 atom stereocenters. The van der Waals surface area contributed by atoms with Crippen molar-refractivity contribution in [1.29, 1.82) is 0 Å². The van der Waals surface area contributed by atoms with Crippen molar-refractivity contribution in [2.45, 2.75) is 46.1 Å². The van der Waals surface area contributed by atoms with E-state index in [1.165, 1.54) is 0 Å². The average molecular weight is 236 g/mol. The topological polar surface area (TPSA) is 62.0 Å². The molecule has 0 saturated carbocycles. The fraction of sp³-hybridized carbons (Fsp3) is 0.538. The number of amides is 1. The van der Waals surface area contributed by atoms with E-state index in [4.69, 9.17) is 0 Å². The third-order valence-corrected chi connectivity index (χ3v) is 2.65. The fourth-order valence-corrected chi connectivity index (χ4v) is 1.52. The number of hydrogen-bond acceptors (Lipinski definition) is 2. The maximum Gasteiger partial charge on any atom is 0.253 e. The predicted molar refractivity (Wildman–Crippen MR) is 67.8 cm³/mol. The zero-order chi connectivity index (χ0) is 12.7. The van der Waals surface area contributed by atoms with Gasteiger partial charge in [0.15, 0.2) is 0 Å². The lowest BCUT2D eigenvalue weighted by Gasteiger charge is -2.05. The Bertz CT molecular complexity index is 424. The van der Waals surface area contributed by atoms with Crippen molar-refractivity contribution in [1.82, 2.24) is 10.3 Å². The molecule has 17 heavy (non-hydrogen) atoms. The van der Waals surface area contributed by atoms with E-state index in [-0.39, 0.29) is 11.5 Å². The molecular formula is C13H20N2O2. The molecule has 4 nitrogen and oxygen atoms in total. The zero-order valence-corrected chi connectivity index (χ0v) is 10.5. The summed E-state index contributed by atoms with van der Waals surface area (Å²) in [5.74, 6) is -0.0422. The second kappa shape index (κ2) is 6.89. The van der Waals surface area contributed by atoms with Gasteiger partial charge >= 0.3 is 0 Å². The van der Waals surface area contributed by atoms with Crippen LogP contribution in [0.3, 0.4) is 0 Å². The summed E-state index contributed by atoms with van der Waals surface area (Å²) in [6.07, 6.45) is 3.51. The van der Waals surface area contributed by atoms with Crippen LogP contribution in [0.25, 0.3) is 0 Å². The molecule has 1 heterocycles. The van der Waals surface area contributed by atoms with Crippen molar-refractivity contribution < 1.29 is 4.79 Å². The lowest BCUT2D eigenvalue weighted by Crippen LogP contribution is -2.26. The Balaban J connectivity index is 2.63. The quantitative estimate of drug-likeness (QED) is 0.790. The van der Waals surface area contributed by atoms with Crippen molar-refractivity contribution >= 4 is 5.91 Å². The summed E-state index contributed by atoms with van der Waals surface area (Å²) in [6, 6.07) is 3.71. The zero-order valence-electron chi connectivity index (χ0n) is 10.5. The number of rotatable bonds is 6. The number of carbonyl (C=O) groups excluding carboxylic acids is 1.